The highest BCUT2D eigenvalue weighted by Gasteiger charge is 2.32. The first-order valence-corrected chi connectivity index (χ1v) is 13.0. The lowest BCUT2D eigenvalue weighted by Gasteiger charge is -2.31. The molecule has 1 atom stereocenters. The number of halogens is 1. The van der Waals surface area contributed by atoms with Gasteiger partial charge in [-0.05, 0) is 62.2 Å². The van der Waals surface area contributed by atoms with Gasteiger partial charge in [-0.15, -0.1) is 0 Å². The average Bonchev–Trinajstić information content (AvgIpc) is 2.88. The van der Waals surface area contributed by atoms with Gasteiger partial charge in [-0.2, -0.15) is 0 Å². The number of likely N-dealkylation sites (N-methyl/N-ethyl adjacent to an activating group) is 1. The molecule has 0 fully saturated rings. The van der Waals surface area contributed by atoms with Crippen LogP contribution in [0.25, 0.3) is 0 Å². The Kier molecular flexibility index (Phi) is 8.82. The summed E-state index contributed by atoms with van der Waals surface area (Å²) in [6, 6.07) is 19.8. The third-order valence-corrected chi connectivity index (χ3v) is 7.69. The fourth-order valence-electron chi connectivity index (χ4n) is 3.75. The van der Waals surface area contributed by atoms with Crippen LogP contribution in [0.1, 0.15) is 18.1 Å². The number of nitrogens with zero attached hydrogens (tertiary/aromatic N) is 2. The Morgan fingerprint density at radius 3 is 2.14 bits per heavy atom. The molecule has 0 heterocycles. The molecule has 3 aromatic rings. The van der Waals surface area contributed by atoms with E-state index in [4.69, 9.17) is 0 Å². The number of carbonyl (C=O) groups excluding carboxylic acids is 2. The third-order valence-electron chi connectivity index (χ3n) is 5.90. The number of anilines is 1. The lowest BCUT2D eigenvalue weighted by molar-refractivity contribution is -0.138. The average molecular weight is 512 g/mol. The van der Waals surface area contributed by atoms with E-state index in [0.29, 0.717) is 6.42 Å². The van der Waals surface area contributed by atoms with E-state index in [9.17, 15) is 22.4 Å². The van der Waals surface area contributed by atoms with Crippen molar-refractivity contribution in [1.82, 2.24) is 10.2 Å². The van der Waals surface area contributed by atoms with Crippen LogP contribution in [0.3, 0.4) is 0 Å². The van der Waals surface area contributed by atoms with Crippen LogP contribution in [0.2, 0.25) is 0 Å². The molecule has 3 rings (SSSR count). The summed E-state index contributed by atoms with van der Waals surface area (Å²) in [5.41, 5.74) is 2.18. The zero-order chi connectivity index (χ0) is 26.3. The van der Waals surface area contributed by atoms with Crippen LogP contribution in [0.15, 0.2) is 83.8 Å². The van der Waals surface area contributed by atoms with E-state index in [1.165, 1.54) is 11.9 Å². The topological polar surface area (TPSA) is 86.8 Å². The van der Waals surface area contributed by atoms with E-state index in [1.807, 2.05) is 37.3 Å². The molecule has 190 valence electrons. The minimum Gasteiger partial charge on any atom is -0.357 e. The maximum atomic E-state index is 13.6. The first-order chi connectivity index (χ1) is 17.1. The monoisotopic (exact) mass is 511 g/mol. The normalized spacial score (nSPS) is 12.0. The molecule has 0 saturated carbocycles. The standard InChI is InChI=1S/C27H30FN3O4S/c1-20-9-13-24(14-10-20)31(36(34,35)25-15-11-23(28)12-16-25)19-26(32)30(21(2)27(33)29-3)18-17-22-7-5-4-6-8-22/h4-16,21H,17-19H2,1-3H3,(H,29,33)/t21-/m1/s1. The molecule has 0 radical (unpaired) electrons. The van der Waals surface area contributed by atoms with Gasteiger partial charge in [0.05, 0.1) is 10.6 Å². The maximum Gasteiger partial charge on any atom is 0.264 e. The van der Waals surface area contributed by atoms with Crippen molar-refractivity contribution in [2.45, 2.75) is 31.2 Å². The van der Waals surface area contributed by atoms with Gasteiger partial charge in [-0.3, -0.25) is 13.9 Å². The first-order valence-electron chi connectivity index (χ1n) is 11.5. The number of amides is 2. The molecule has 0 saturated heterocycles. The Morgan fingerprint density at radius 2 is 1.56 bits per heavy atom. The highest BCUT2D eigenvalue weighted by Crippen LogP contribution is 2.25. The van der Waals surface area contributed by atoms with Gasteiger partial charge in [-0.25, -0.2) is 12.8 Å². The van der Waals surface area contributed by atoms with Crippen LogP contribution in [0.5, 0.6) is 0 Å². The van der Waals surface area contributed by atoms with Gasteiger partial charge >= 0.3 is 0 Å². The zero-order valence-electron chi connectivity index (χ0n) is 20.5. The molecule has 9 heteroatoms. The van der Waals surface area contributed by atoms with E-state index in [0.717, 1.165) is 39.7 Å². The summed E-state index contributed by atoms with van der Waals surface area (Å²) < 4.78 is 41.6. The summed E-state index contributed by atoms with van der Waals surface area (Å²) >= 11 is 0. The van der Waals surface area contributed by atoms with E-state index >= 15 is 0 Å². The molecule has 0 aromatic heterocycles. The smallest absolute Gasteiger partial charge is 0.264 e. The Hall–Kier alpha value is -3.72. The van der Waals surface area contributed by atoms with Gasteiger partial charge in [0.1, 0.15) is 18.4 Å². The van der Waals surface area contributed by atoms with Crippen LogP contribution in [0.4, 0.5) is 10.1 Å². The number of nitrogens with one attached hydrogen (secondary N) is 1. The highest BCUT2D eigenvalue weighted by atomic mass is 32.2. The third kappa shape index (κ3) is 6.48. The van der Waals surface area contributed by atoms with Gasteiger partial charge < -0.3 is 10.2 Å². The van der Waals surface area contributed by atoms with Crippen molar-refractivity contribution in [2.24, 2.45) is 0 Å². The lowest BCUT2D eigenvalue weighted by atomic mass is 10.1. The predicted octanol–water partition coefficient (Wildman–Crippen LogP) is 3.54. The second kappa shape index (κ2) is 11.8. The van der Waals surface area contributed by atoms with Gasteiger partial charge in [0, 0.05) is 13.6 Å². The second-order valence-corrected chi connectivity index (χ2v) is 10.3. The van der Waals surface area contributed by atoms with Gasteiger partial charge in [-0.1, -0.05) is 48.0 Å². The van der Waals surface area contributed by atoms with Crippen LogP contribution in [0, 0.1) is 12.7 Å². The largest absolute Gasteiger partial charge is 0.357 e. The summed E-state index contributed by atoms with van der Waals surface area (Å²) in [4.78, 5) is 27.3. The minimum absolute atomic E-state index is 0.146. The quantitative estimate of drug-likeness (QED) is 0.451. The van der Waals surface area contributed by atoms with Crippen molar-refractivity contribution in [1.29, 1.82) is 0 Å². The zero-order valence-corrected chi connectivity index (χ0v) is 21.3. The van der Waals surface area contributed by atoms with Crippen LogP contribution in [-0.4, -0.2) is 51.3 Å². The summed E-state index contributed by atoms with van der Waals surface area (Å²) in [6.45, 7) is 3.16. The number of hydrogen-bond donors (Lipinski definition) is 1. The van der Waals surface area contributed by atoms with Crippen molar-refractivity contribution >= 4 is 27.5 Å². The van der Waals surface area contributed by atoms with E-state index < -0.39 is 34.3 Å². The fraction of sp³-hybridized carbons (Fsp3) is 0.259. The number of benzene rings is 3. The van der Waals surface area contributed by atoms with Crippen LogP contribution < -0.4 is 9.62 Å². The van der Waals surface area contributed by atoms with Crippen molar-refractivity contribution in [3.8, 4) is 0 Å². The minimum atomic E-state index is -4.21. The number of rotatable bonds is 10. The Morgan fingerprint density at radius 1 is 0.944 bits per heavy atom. The second-order valence-electron chi connectivity index (χ2n) is 8.41. The Bertz CT molecular complexity index is 1280. The Labute approximate surface area is 211 Å². The van der Waals surface area contributed by atoms with Crippen molar-refractivity contribution in [2.75, 3.05) is 24.4 Å². The summed E-state index contributed by atoms with van der Waals surface area (Å²) in [7, 11) is -2.73. The molecule has 0 bridgehead atoms. The summed E-state index contributed by atoms with van der Waals surface area (Å²) in [5.74, 6) is -1.47. The maximum absolute atomic E-state index is 13.6. The lowest BCUT2D eigenvalue weighted by Crippen LogP contribution is -2.51. The highest BCUT2D eigenvalue weighted by molar-refractivity contribution is 7.92. The molecule has 0 unspecified atom stereocenters. The SMILES string of the molecule is CNC(=O)[C@@H](C)N(CCc1ccccc1)C(=O)CN(c1ccc(C)cc1)S(=O)(=O)c1ccc(F)cc1. The predicted molar refractivity (Wildman–Crippen MR) is 137 cm³/mol. The van der Waals surface area contributed by atoms with Gasteiger partial charge in [0.2, 0.25) is 11.8 Å². The molecule has 7 nitrogen and oxygen atoms in total. The Balaban J connectivity index is 1.96. The molecule has 0 spiro atoms. The van der Waals surface area contributed by atoms with Gasteiger partial charge in [0.25, 0.3) is 10.0 Å². The van der Waals surface area contributed by atoms with Crippen molar-refractivity contribution in [3.63, 3.8) is 0 Å². The number of aryl methyl sites for hydroxylation is 1. The summed E-state index contributed by atoms with van der Waals surface area (Å²) in [6.07, 6.45) is 0.489. The van der Waals surface area contributed by atoms with E-state index in [2.05, 4.69) is 5.32 Å². The molecule has 36 heavy (non-hydrogen) atoms. The first kappa shape index (κ1) is 26.9. The van der Waals surface area contributed by atoms with E-state index in [1.54, 1.807) is 31.2 Å². The molecular formula is C27H30FN3O4S. The molecule has 1 N–H and O–H groups in total. The van der Waals surface area contributed by atoms with E-state index in [-0.39, 0.29) is 23.0 Å². The molecule has 3 aromatic carbocycles. The number of carbonyl (C=O) groups is 2. The summed E-state index contributed by atoms with van der Waals surface area (Å²) in [5, 5.41) is 2.55. The van der Waals surface area contributed by atoms with Crippen molar-refractivity contribution < 1.29 is 22.4 Å². The number of sulfonamides is 1. The van der Waals surface area contributed by atoms with Crippen LogP contribution >= 0.6 is 0 Å². The number of hydrogen-bond acceptors (Lipinski definition) is 4. The van der Waals surface area contributed by atoms with Crippen LogP contribution in [-0.2, 0) is 26.0 Å². The fourth-order valence-corrected chi connectivity index (χ4v) is 5.17. The molecular weight excluding hydrogens is 481 g/mol. The molecule has 0 aliphatic heterocycles. The molecule has 0 aliphatic carbocycles. The van der Waals surface area contributed by atoms with Crippen molar-refractivity contribution in [3.05, 3.63) is 95.8 Å². The molecule has 2 amide bonds. The molecule has 0 aliphatic rings. The van der Waals surface area contributed by atoms with Gasteiger partial charge in [0.15, 0.2) is 0 Å².